The molecule has 0 spiro atoms. The van der Waals surface area contributed by atoms with Gasteiger partial charge in [-0.05, 0) is 29.8 Å². The van der Waals surface area contributed by atoms with Gasteiger partial charge in [0.1, 0.15) is 10.8 Å². The standard InChI is InChI=1S/C13H12Cl2N4O2/c1-16-12(20)7-3-4-9(10(5-7)21-2)18-11-8(14)6-17-13(15)19-11/h3-6H,1-2H3,(H,16,20)(H,17,18,19). The Labute approximate surface area is 131 Å². The molecule has 0 fully saturated rings. The van der Waals surface area contributed by atoms with Gasteiger partial charge in [0.05, 0.1) is 19.0 Å². The van der Waals surface area contributed by atoms with Gasteiger partial charge in [-0.2, -0.15) is 4.98 Å². The van der Waals surface area contributed by atoms with E-state index in [0.717, 1.165) is 0 Å². The number of carbonyl (C=O) groups is 1. The third-order valence-corrected chi connectivity index (χ3v) is 3.12. The first kappa shape index (κ1) is 15.3. The number of rotatable bonds is 4. The Morgan fingerprint density at radius 2 is 2.10 bits per heavy atom. The number of ether oxygens (including phenoxy) is 1. The molecule has 0 saturated carbocycles. The highest BCUT2D eigenvalue weighted by Gasteiger charge is 2.11. The van der Waals surface area contributed by atoms with Gasteiger partial charge in [-0.25, -0.2) is 4.98 Å². The average molecular weight is 327 g/mol. The van der Waals surface area contributed by atoms with E-state index in [1.807, 2.05) is 0 Å². The molecule has 1 amide bonds. The number of aromatic nitrogens is 2. The molecule has 110 valence electrons. The van der Waals surface area contributed by atoms with Gasteiger partial charge in [0.15, 0.2) is 5.82 Å². The Kier molecular flexibility index (Phi) is 4.82. The molecule has 0 aliphatic rings. The average Bonchev–Trinajstić information content (AvgIpc) is 2.50. The highest BCUT2D eigenvalue weighted by atomic mass is 35.5. The number of anilines is 2. The quantitative estimate of drug-likeness (QED) is 0.845. The van der Waals surface area contributed by atoms with E-state index in [1.54, 1.807) is 25.2 Å². The number of carbonyl (C=O) groups excluding carboxylic acids is 1. The number of nitrogens with zero attached hydrogens (tertiary/aromatic N) is 2. The summed E-state index contributed by atoms with van der Waals surface area (Å²) in [5, 5.41) is 5.93. The van der Waals surface area contributed by atoms with Crippen LogP contribution >= 0.6 is 23.2 Å². The van der Waals surface area contributed by atoms with Crippen LogP contribution in [0.1, 0.15) is 10.4 Å². The molecular formula is C13H12Cl2N4O2. The minimum Gasteiger partial charge on any atom is -0.495 e. The first-order valence-electron chi connectivity index (χ1n) is 5.90. The molecule has 0 aliphatic carbocycles. The molecule has 1 aromatic carbocycles. The number of amides is 1. The second kappa shape index (κ2) is 6.60. The molecular weight excluding hydrogens is 315 g/mol. The van der Waals surface area contributed by atoms with Gasteiger partial charge in [-0.1, -0.05) is 11.6 Å². The van der Waals surface area contributed by atoms with Crippen molar-refractivity contribution in [3.05, 3.63) is 40.3 Å². The van der Waals surface area contributed by atoms with Crippen LogP contribution in [0.4, 0.5) is 11.5 Å². The van der Waals surface area contributed by atoms with E-state index in [9.17, 15) is 4.79 Å². The third-order valence-electron chi connectivity index (χ3n) is 2.66. The highest BCUT2D eigenvalue weighted by Crippen LogP contribution is 2.31. The van der Waals surface area contributed by atoms with Gasteiger partial charge in [0.25, 0.3) is 5.91 Å². The number of methoxy groups -OCH3 is 1. The van der Waals surface area contributed by atoms with Crippen LogP contribution < -0.4 is 15.4 Å². The Balaban J connectivity index is 2.35. The predicted octanol–water partition coefficient (Wildman–Crippen LogP) is 2.90. The second-order valence-corrected chi connectivity index (χ2v) is 4.70. The predicted molar refractivity (Wildman–Crippen MR) is 81.7 cm³/mol. The molecule has 21 heavy (non-hydrogen) atoms. The molecule has 6 nitrogen and oxygen atoms in total. The van der Waals surface area contributed by atoms with Gasteiger partial charge < -0.3 is 15.4 Å². The minimum absolute atomic E-state index is 0.0721. The summed E-state index contributed by atoms with van der Waals surface area (Å²) in [6, 6.07) is 4.95. The normalized spacial score (nSPS) is 10.1. The number of hydrogen-bond donors (Lipinski definition) is 2. The molecule has 1 aromatic heterocycles. The zero-order valence-electron chi connectivity index (χ0n) is 11.3. The van der Waals surface area contributed by atoms with Gasteiger partial charge in [0.2, 0.25) is 5.28 Å². The van der Waals surface area contributed by atoms with Crippen molar-refractivity contribution in [1.82, 2.24) is 15.3 Å². The van der Waals surface area contributed by atoms with Crippen LogP contribution in [0.3, 0.4) is 0 Å². The Hall–Kier alpha value is -2.05. The number of hydrogen-bond acceptors (Lipinski definition) is 5. The van der Waals surface area contributed by atoms with E-state index >= 15 is 0 Å². The van der Waals surface area contributed by atoms with Crippen LogP contribution in [0.25, 0.3) is 0 Å². The van der Waals surface area contributed by atoms with Crippen molar-refractivity contribution in [3.8, 4) is 5.75 Å². The topological polar surface area (TPSA) is 76.1 Å². The number of nitrogens with one attached hydrogen (secondary N) is 2. The summed E-state index contributed by atoms with van der Waals surface area (Å²) in [6.07, 6.45) is 1.39. The zero-order chi connectivity index (χ0) is 15.4. The molecule has 1 heterocycles. The highest BCUT2D eigenvalue weighted by molar-refractivity contribution is 6.33. The van der Waals surface area contributed by atoms with E-state index < -0.39 is 0 Å². The maximum absolute atomic E-state index is 11.6. The molecule has 0 saturated heterocycles. The first-order chi connectivity index (χ1) is 10.0. The molecule has 2 aromatic rings. The molecule has 0 aliphatic heterocycles. The van der Waals surface area contributed by atoms with Crippen LogP contribution in [0.5, 0.6) is 5.75 Å². The lowest BCUT2D eigenvalue weighted by Crippen LogP contribution is -2.17. The second-order valence-electron chi connectivity index (χ2n) is 3.95. The molecule has 2 rings (SSSR count). The Bertz CT molecular complexity index is 679. The smallest absolute Gasteiger partial charge is 0.251 e. The van der Waals surface area contributed by atoms with Crippen molar-refractivity contribution in [2.75, 3.05) is 19.5 Å². The fourth-order valence-electron chi connectivity index (χ4n) is 1.64. The maximum atomic E-state index is 11.6. The zero-order valence-corrected chi connectivity index (χ0v) is 12.8. The number of halogens is 2. The van der Waals surface area contributed by atoms with E-state index in [4.69, 9.17) is 27.9 Å². The van der Waals surface area contributed by atoms with Crippen LogP contribution in [0, 0.1) is 0 Å². The lowest BCUT2D eigenvalue weighted by molar-refractivity contribution is 0.0963. The van der Waals surface area contributed by atoms with Crippen molar-refractivity contribution in [3.63, 3.8) is 0 Å². The SMILES string of the molecule is CNC(=O)c1ccc(Nc2nc(Cl)ncc2Cl)c(OC)c1. The summed E-state index contributed by atoms with van der Waals surface area (Å²) in [6.45, 7) is 0. The van der Waals surface area contributed by atoms with Crippen molar-refractivity contribution in [1.29, 1.82) is 0 Å². The molecule has 0 radical (unpaired) electrons. The summed E-state index contributed by atoms with van der Waals surface area (Å²) in [5.41, 5.74) is 1.08. The van der Waals surface area contributed by atoms with E-state index in [0.29, 0.717) is 27.8 Å². The largest absolute Gasteiger partial charge is 0.495 e. The minimum atomic E-state index is -0.206. The Morgan fingerprint density at radius 1 is 1.33 bits per heavy atom. The molecule has 0 bridgehead atoms. The molecule has 2 N–H and O–H groups in total. The van der Waals surface area contributed by atoms with Crippen LogP contribution in [0.2, 0.25) is 10.3 Å². The van der Waals surface area contributed by atoms with Gasteiger partial charge >= 0.3 is 0 Å². The summed E-state index contributed by atoms with van der Waals surface area (Å²) in [7, 11) is 3.06. The number of benzene rings is 1. The fourth-order valence-corrected chi connectivity index (χ4v) is 1.91. The fraction of sp³-hybridized carbons (Fsp3) is 0.154. The summed E-state index contributed by atoms with van der Waals surface area (Å²) in [5.74, 6) is 0.618. The van der Waals surface area contributed by atoms with Crippen LogP contribution in [0.15, 0.2) is 24.4 Å². The van der Waals surface area contributed by atoms with E-state index in [-0.39, 0.29) is 11.2 Å². The van der Waals surface area contributed by atoms with Crippen molar-refractivity contribution in [2.45, 2.75) is 0 Å². The van der Waals surface area contributed by atoms with E-state index in [2.05, 4.69) is 20.6 Å². The van der Waals surface area contributed by atoms with Crippen LogP contribution in [-0.2, 0) is 0 Å². The maximum Gasteiger partial charge on any atom is 0.251 e. The summed E-state index contributed by atoms with van der Waals surface area (Å²) >= 11 is 11.7. The van der Waals surface area contributed by atoms with Crippen LogP contribution in [-0.4, -0.2) is 30.0 Å². The monoisotopic (exact) mass is 326 g/mol. The molecule has 0 unspecified atom stereocenters. The van der Waals surface area contributed by atoms with Gasteiger partial charge in [-0.3, -0.25) is 4.79 Å². The lowest BCUT2D eigenvalue weighted by Gasteiger charge is -2.12. The summed E-state index contributed by atoms with van der Waals surface area (Å²) in [4.78, 5) is 19.4. The molecule has 0 atom stereocenters. The van der Waals surface area contributed by atoms with Crippen molar-refractivity contribution in [2.24, 2.45) is 0 Å². The van der Waals surface area contributed by atoms with Gasteiger partial charge in [0, 0.05) is 12.6 Å². The van der Waals surface area contributed by atoms with Gasteiger partial charge in [-0.15, -0.1) is 0 Å². The first-order valence-corrected chi connectivity index (χ1v) is 6.66. The summed E-state index contributed by atoms with van der Waals surface area (Å²) < 4.78 is 5.26. The van der Waals surface area contributed by atoms with Crippen molar-refractivity contribution < 1.29 is 9.53 Å². The third kappa shape index (κ3) is 3.53. The van der Waals surface area contributed by atoms with E-state index in [1.165, 1.54) is 13.3 Å². The lowest BCUT2D eigenvalue weighted by atomic mass is 10.1. The van der Waals surface area contributed by atoms with Crippen molar-refractivity contribution >= 4 is 40.6 Å². The molecule has 8 heteroatoms. The Morgan fingerprint density at radius 3 is 2.76 bits per heavy atom.